The predicted molar refractivity (Wildman–Crippen MR) is 145 cm³/mol. The van der Waals surface area contributed by atoms with Gasteiger partial charge in [-0.1, -0.05) is 5.16 Å². The largest absolute Gasteiger partial charge is 0.378 e. The molecular formula is C29H37FN6O3. The van der Waals surface area contributed by atoms with Crippen LogP contribution in [0.1, 0.15) is 66.9 Å². The number of likely N-dealkylation sites (tertiary alicyclic amines) is 1. The van der Waals surface area contributed by atoms with Gasteiger partial charge in [-0.25, -0.2) is 14.4 Å². The molecule has 3 aliphatic rings. The lowest BCUT2D eigenvalue weighted by molar-refractivity contribution is 0.0918. The molecule has 2 aliphatic heterocycles. The van der Waals surface area contributed by atoms with Gasteiger partial charge in [0.15, 0.2) is 5.58 Å². The van der Waals surface area contributed by atoms with Crippen LogP contribution in [0.3, 0.4) is 0 Å². The molecule has 1 aliphatic carbocycles. The highest BCUT2D eigenvalue weighted by Crippen LogP contribution is 2.33. The van der Waals surface area contributed by atoms with Gasteiger partial charge < -0.3 is 24.4 Å². The summed E-state index contributed by atoms with van der Waals surface area (Å²) in [6.45, 7) is 6.13. The minimum Gasteiger partial charge on any atom is -0.378 e. The van der Waals surface area contributed by atoms with Gasteiger partial charge in [0, 0.05) is 48.9 Å². The number of halogens is 1. The maximum Gasteiger partial charge on any atom is 0.254 e. The van der Waals surface area contributed by atoms with Crippen molar-refractivity contribution in [3.05, 3.63) is 47.7 Å². The van der Waals surface area contributed by atoms with Gasteiger partial charge in [-0.3, -0.25) is 4.79 Å². The van der Waals surface area contributed by atoms with E-state index >= 15 is 0 Å². The average Bonchev–Trinajstić information content (AvgIpc) is 3.40. The number of hydrogen-bond acceptors (Lipinski definition) is 8. The topological polar surface area (TPSA) is 96.6 Å². The van der Waals surface area contributed by atoms with Gasteiger partial charge in [0.2, 0.25) is 5.95 Å². The fraction of sp³-hybridized carbons (Fsp3) is 0.586. The van der Waals surface area contributed by atoms with Crippen LogP contribution >= 0.6 is 0 Å². The number of rotatable bonds is 7. The maximum atomic E-state index is 13.5. The number of piperidine rings is 1. The van der Waals surface area contributed by atoms with Gasteiger partial charge in [-0.2, -0.15) is 0 Å². The fourth-order valence-electron chi connectivity index (χ4n) is 6.25. The van der Waals surface area contributed by atoms with Crippen molar-refractivity contribution in [2.45, 2.75) is 56.9 Å². The van der Waals surface area contributed by atoms with Crippen LogP contribution in [0.2, 0.25) is 0 Å². The third-order valence-electron chi connectivity index (χ3n) is 8.67. The number of carbonyl (C=O) groups is 1. The minimum absolute atomic E-state index is 0.0835. The van der Waals surface area contributed by atoms with Crippen LogP contribution in [0.25, 0.3) is 11.0 Å². The maximum absolute atomic E-state index is 13.5. The predicted octanol–water partition coefficient (Wildman–Crippen LogP) is 4.15. The zero-order valence-corrected chi connectivity index (χ0v) is 22.4. The van der Waals surface area contributed by atoms with Crippen molar-refractivity contribution in [2.24, 2.45) is 5.92 Å². The van der Waals surface area contributed by atoms with Crippen molar-refractivity contribution in [3.63, 3.8) is 0 Å². The number of nitrogens with one attached hydrogen (secondary N) is 1. The Balaban J connectivity index is 0.903. The van der Waals surface area contributed by atoms with E-state index in [9.17, 15) is 9.18 Å². The average molecular weight is 537 g/mol. The van der Waals surface area contributed by atoms with E-state index in [1.54, 1.807) is 18.5 Å². The summed E-state index contributed by atoms with van der Waals surface area (Å²) in [5, 5.41) is 8.41. The Kier molecular flexibility index (Phi) is 8.01. The summed E-state index contributed by atoms with van der Waals surface area (Å²) in [5.41, 5.74) is 2.03. The molecule has 1 aromatic carbocycles. The number of anilines is 1. The number of fused-ring (bicyclic) bond motifs is 1. The van der Waals surface area contributed by atoms with Gasteiger partial charge in [-0.15, -0.1) is 0 Å². The van der Waals surface area contributed by atoms with E-state index in [1.165, 1.54) is 18.6 Å². The van der Waals surface area contributed by atoms with E-state index in [-0.39, 0.29) is 17.8 Å². The van der Waals surface area contributed by atoms with E-state index in [1.807, 2.05) is 0 Å². The molecule has 6 rings (SSSR count). The van der Waals surface area contributed by atoms with Crippen molar-refractivity contribution in [2.75, 3.05) is 50.8 Å². The molecule has 2 aromatic heterocycles. The van der Waals surface area contributed by atoms with Gasteiger partial charge in [-0.05, 0) is 82.6 Å². The number of aromatic nitrogens is 3. The van der Waals surface area contributed by atoms with E-state index in [4.69, 9.17) is 9.26 Å². The van der Waals surface area contributed by atoms with Crippen molar-refractivity contribution in [1.29, 1.82) is 0 Å². The summed E-state index contributed by atoms with van der Waals surface area (Å²) < 4.78 is 24.2. The van der Waals surface area contributed by atoms with Gasteiger partial charge in [0.05, 0.1) is 24.5 Å². The van der Waals surface area contributed by atoms with Crippen LogP contribution in [0.15, 0.2) is 35.1 Å². The molecule has 208 valence electrons. The number of carbonyl (C=O) groups excluding carboxylic acids is 1. The molecule has 0 atom stereocenters. The van der Waals surface area contributed by atoms with Crippen LogP contribution in [-0.2, 0) is 4.74 Å². The number of hydrogen-bond donors (Lipinski definition) is 1. The van der Waals surface area contributed by atoms with Crippen LogP contribution in [-0.4, -0.2) is 77.9 Å². The number of morpholine rings is 1. The first-order valence-corrected chi connectivity index (χ1v) is 14.3. The van der Waals surface area contributed by atoms with Crippen molar-refractivity contribution >= 4 is 22.8 Å². The van der Waals surface area contributed by atoms with E-state index in [0.717, 1.165) is 82.3 Å². The Morgan fingerprint density at radius 2 is 1.74 bits per heavy atom. The summed E-state index contributed by atoms with van der Waals surface area (Å²) >= 11 is 0. The highest BCUT2D eigenvalue weighted by Gasteiger charge is 2.27. The highest BCUT2D eigenvalue weighted by atomic mass is 19.1. The SMILES string of the molecule is O=C(NC1CCC(CCN2CCC(c3noc4cc(F)ccc34)CC2)CC1)c1cnc(N2CCOCC2)nc1. The molecular weight excluding hydrogens is 499 g/mol. The molecule has 3 aromatic rings. The monoisotopic (exact) mass is 536 g/mol. The molecule has 39 heavy (non-hydrogen) atoms. The van der Waals surface area contributed by atoms with E-state index in [0.29, 0.717) is 42.1 Å². The Morgan fingerprint density at radius 3 is 2.49 bits per heavy atom. The third-order valence-corrected chi connectivity index (χ3v) is 8.67. The molecule has 1 amide bonds. The van der Waals surface area contributed by atoms with Crippen molar-refractivity contribution < 1.29 is 18.4 Å². The molecule has 0 bridgehead atoms. The quantitative estimate of drug-likeness (QED) is 0.481. The van der Waals surface area contributed by atoms with Crippen molar-refractivity contribution in [3.8, 4) is 0 Å². The van der Waals surface area contributed by atoms with Crippen LogP contribution < -0.4 is 10.2 Å². The summed E-state index contributed by atoms with van der Waals surface area (Å²) in [7, 11) is 0. The fourth-order valence-corrected chi connectivity index (χ4v) is 6.25. The summed E-state index contributed by atoms with van der Waals surface area (Å²) in [6.07, 6.45) is 10.9. The smallest absolute Gasteiger partial charge is 0.254 e. The second-order valence-corrected chi connectivity index (χ2v) is 11.2. The van der Waals surface area contributed by atoms with Gasteiger partial charge >= 0.3 is 0 Å². The van der Waals surface area contributed by atoms with Crippen LogP contribution in [0.5, 0.6) is 0 Å². The van der Waals surface area contributed by atoms with Crippen LogP contribution in [0, 0.1) is 11.7 Å². The molecule has 0 radical (unpaired) electrons. The molecule has 3 fully saturated rings. The molecule has 10 heteroatoms. The Hall–Kier alpha value is -3.11. The Bertz CT molecular complexity index is 1250. The molecule has 4 heterocycles. The minimum atomic E-state index is -0.291. The van der Waals surface area contributed by atoms with Gasteiger partial charge in [0.25, 0.3) is 5.91 Å². The highest BCUT2D eigenvalue weighted by molar-refractivity contribution is 5.93. The standard InChI is InChI=1S/C29H37FN6O3/c30-23-3-6-25-26(17-23)39-34-27(25)21-8-11-35(12-9-21)10-7-20-1-4-24(5-2-20)33-28(37)22-18-31-29(32-19-22)36-13-15-38-16-14-36/h3,6,17-21,24H,1-2,4-5,7-16H2,(H,33,37). The number of ether oxygens (including phenoxy) is 1. The lowest BCUT2D eigenvalue weighted by atomic mass is 9.83. The number of amides is 1. The zero-order valence-electron chi connectivity index (χ0n) is 22.4. The third kappa shape index (κ3) is 6.22. The van der Waals surface area contributed by atoms with E-state index in [2.05, 4.69) is 30.2 Å². The molecule has 2 saturated heterocycles. The van der Waals surface area contributed by atoms with E-state index < -0.39 is 0 Å². The second-order valence-electron chi connectivity index (χ2n) is 11.2. The zero-order chi connectivity index (χ0) is 26.6. The molecule has 1 N–H and O–H groups in total. The summed E-state index contributed by atoms with van der Waals surface area (Å²) in [6, 6.07) is 4.91. The van der Waals surface area contributed by atoms with Crippen LogP contribution in [0.4, 0.5) is 10.3 Å². The first kappa shape index (κ1) is 26.1. The lowest BCUT2D eigenvalue weighted by Gasteiger charge is -2.34. The van der Waals surface area contributed by atoms with Crippen molar-refractivity contribution in [1.82, 2.24) is 25.3 Å². The molecule has 9 nitrogen and oxygen atoms in total. The Labute approximate surface area is 228 Å². The second kappa shape index (κ2) is 12.0. The molecule has 1 saturated carbocycles. The first-order valence-electron chi connectivity index (χ1n) is 14.3. The summed E-state index contributed by atoms with van der Waals surface area (Å²) in [5.74, 6) is 1.36. The van der Waals surface area contributed by atoms with Gasteiger partial charge in [0.1, 0.15) is 5.82 Å². The Morgan fingerprint density at radius 1 is 1.00 bits per heavy atom. The molecule has 0 unspecified atom stereocenters. The lowest BCUT2D eigenvalue weighted by Crippen LogP contribution is -2.39. The number of nitrogens with zero attached hydrogens (tertiary/aromatic N) is 5. The number of benzene rings is 1. The first-order chi connectivity index (χ1) is 19.1. The normalized spacial score (nSPS) is 23.3. The molecule has 0 spiro atoms. The summed E-state index contributed by atoms with van der Waals surface area (Å²) in [4.78, 5) is 26.2.